The fourth-order valence-electron chi connectivity index (χ4n) is 3.67. The highest BCUT2D eigenvalue weighted by atomic mass is 32.2. The minimum Gasteiger partial charge on any atom is -0.494 e. The molecule has 3 aromatic rings. The van der Waals surface area contributed by atoms with Crippen LogP contribution in [0.1, 0.15) is 25.0 Å². The van der Waals surface area contributed by atoms with E-state index >= 15 is 0 Å². The summed E-state index contributed by atoms with van der Waals surface area (Å²) in [5.41, 5.74) is 2.24. The molecule has 0 saturated carbocycles. The zero-order chi connectivity index (χ0) is 26.9. The minimum atomic E-state index is -0.524. The van der Waals surface area contributed by atoms with Crippen LogP contribution in [-0.4, -0.2) is 41.7 Å². The van der Waals surface area contributed by atoms with E-state index in [2.05, 4.69) is 5.32 Å². The molecular formula is C29H28N2O6S. The molecule has 1 aliphatic rings. The highest BCUT2D eigenvalue weighted by Crippen LogP contribution is 2.35. The number of nitrogens with one attached hydrogen (secondary N) is 1. The van der Waals surface area contributed by atoms with E-state index in [4.69, 9.17) is 14.2 Å². The summed E-state index contributed by atoms with van der Waals surface area (Å²) >= 11 is 0.793. The first kappa shape index (κ1) is 26.8. The molecule has 1 heterocycles. The predicted molar refractivity (Wildman–Crippen MR) is 147 cm³/mol. The Hall–Kier alpha value is -4.24. The highest BCUT2D eigenvalue weighted by molar-refractivity contribution is 8.18. The van der Waals surface area contributed by atoms with Gasteiger partial charge in [-0.15, -0.1) is 0 Å². The first-order valence-corrected chi connectivity index (χ1v) is 13.0. The second-order valence-electron chi connectivity index (χ2n) is 8.19. The number of amides is 3. The lowest BCUT2D eigenvalue weighted by Gasteiger charge is -2.13. The maximum absolute atomic E-state index is 12.9. The van der Waals surface area contributed by atoms with Gasteiger partial charge in [-0.3, -0.25) is 19.3 Å². The van der Waals surface area contributed by atoms with Crippen molar-refractivity contribution in [2.24, 2.45) is 0 Å². The fourth-order valence-corrected chi connectivity index (χ4v) is 4.51. The molecule has 0 spiro atoms. The molecule has 0 radical (unpaired) electrons. The third-order valence-electron chi connectivity index (χ3n) is 5.43. The quantitative estimate of drug-likeness (QED) is 0.315. The van der Waals surface area contributed by atoms with Gasteiger partial charge in [0.25, 0.3) is 11.1 Å². The van der Waals surface area contributed by atoms with Crippen LogP contribution in [0.25, 0.3) is 6.08 Å². The van der Waals surface area contributed by atoms with Crippen molar-refractivity contribution in [1.29, 1.82) is 0 Å². The number of nitrogens with zero attached hydrogens (tertiary/aromatic N) is 1. The molecule has 0 aromatic heterocycles. The monoisotopic (exact) mass is 532 g/mol. The van der Waals surface area contributed by atoms with E-state index in [-0.39, 0.29) is 11.4 Å². The van der Waals surface area contributed by atoms with Crippen LogP contribution in [0.5, 0.6) is 17.2 Å². The van der Waals surface area contributed by atoms with Crippen molar-refractivity contribution >= 4 is 40.6 Å². The van der Waals surface area contributed by atoms with Crippen molar-refractivity contribution in [3.63, 3.8) is 0 Å². The van der Waals surface area contributed by atoms with Crippen molar-refractivity contribution in [1.82, 2.24) is 4.90 Å². The molecular weight excluding hydrogens is 504 g/mol. The number of rotatable bonds is 11. The molecule has 8 nitrogen and oxygen atoms in total. The number of hydrogen-bond acceptors (Lipinski definition) is 7. The first-order valence-electron chi connectivity index (χ1n) is 12.2. The van der Waals surface area contributed by atoms with Crippen molar-refractivity contribution in [3.05, 3.63) is 88.8 Å². The third-order valence-corrected chi connectivity index (χ3v) is 6.33. The molecule has 0 aliphatic carbocycles. The van der Waals surface area contributed by atoms with E-state index in [1.54, 1.807) is 48.5 Å². The number of anilines is 1. The Morgan fingerprint density at radius 3 is 2.34 bits per heavy atom. The molecule has 1 fully saturated rings. The highest BCUT2D eigenvalue weighted by Gasteiger charge is 2.36. The van der Waals surface area contributed by atoms with Crippen molar-refractivity contribution in [2.45, 2.75) is 20.5 Å². The number of carbonyl (C=O) groups is 3. The van der Waals surface area contributed by atoms with E-state index in [0.717, 1.165) is 22.2 Å². The van der Waals surface area contributed by atoms with Gasteiger partial charge < -0.3 is 19.5 Å². The van der Waals surface area contributed by atoms with Crippen LogP contribution in [0.15, 0.2) is 77.7 Å². The Kier molecular flexibility index (Phi) is 9.05. The second kappa shape index (κ2) is 12.8. The molecule has 0 bridgehead atoms. The summed E-state index contributed by atoms with van der Waals surface area (Å²) in [7, 11) is 0. The van der Waals surface area contributed by atoms with E-state index < -0.39 is 17.1 Å². The van der Waals surface area contributed by atoms with Crippen LogP contribution >= 0.6 is 11.8 Å². The van der Waals surface area contributed by atoms with Gasteiger partial charge in [0, 0.05) is 5.69 Å². The Morgan fingerprint density at radius 1 is 0.895 bits per heavy atom. The SMILES string of the molecule is CCOc1ccc(NC(=O)CN2C(=O)S/C(=C/c3ccc(OCc4ccccc4)c(OCC)c3)C2=O)cc1. The smallest absolute Gasteiger partial charge is 0.294 e. The van der Waals surface area contributed by atoms with Gasteiger partial charge in [-0.25, -0.2) is 0 Å². The average molecular weight is 533 g/mol. The lowest BCUT2D eigenvalue weighted by Crippen LogP contribution is -2.36. The summed E-state index contributed by atoms with van der Waals surface area (Å²) in [6.07, 6.45) is 1.61. The number of imide groups is 1. The van der Waals surface area contributed by atoms with Gasteiger partial charge in [0.1, 0.15) is 18.9 Å². The number of hydrogen-bond donors (Lipinski definition) is 1. The minimum absolute atomic E-state index is 0.226. The number of benzene rings is 3. The number of carbonyl (C=O) groups excluding carboxylic acids is 3. The number of thioether (sulfide) groups is 1. The van der Waals surface area contributed by atoms with Crippen LogP contribution in [0.2, 0.25) is 0 Å². The largest absolute Gasteiger partial charge is 0.494 e. The van der Waals surface area contributed by atoms with E-state index in [0.29, 0.717) is 48.3 Å². The van der Waals surface area contributed by atoms with Crippen molar-refractivity contribution < 1.29 is 28.6 Å². The topological polar surface area (TPSA) is 94.2 Å². The van der Waals surface area contributed by atoms with Crippen molar-refractivity contribution in [3.8, 4) is 17.2 Å². The van der Waals surface area contributed by atoms with Gasteiger partial charge in [-0.05, 0) is 79.2 Å². The maximum Gasteiger partial charge on any atom is 0.294 e. The molecule has 3 amide bonds. The summed E-state index contributed by atoms with van der Waals surface area (Å²) in [6, 6.07) is 22.0. The molecule has 4 rings (SSSR count). The second-order valence-corrected chi connectivity index (χ2v) is 9.18. The lowest BCUT2D eigenvalue weighted by atomic mass is 10.1. The first-order chi connectivity index (χ1) is 18.5. The van der Waals surface area contributed by atoms with E-state index in [9.17, 15) is 14.4 Å². The van der Waals surface area contributed by atoms with Crippen LogP contribution in [0, 0.1) is 0 Å². The van der Waals surface area contributed by atoms with E-state index in [1.165, 1.54) is 0 Å². The fraction of sp³-hybridized carbons (Fsp3) is 0.207. The van der Waals surface area contributed by atoms with Crippen LogP contribution in [0.4, 0.5) is 10.5 Å². The molecule has 196 valence electrons. The molecule has 3 aromatic carbocycles. The normalized spacial score (nSPS) is 14.1. The predicted octanol–water partition coefficient (Wildman–Crippen LogP) is 5.74. The molecule has 9 heteroatoms. The van der Waals surface area contributed by atoms with Crippen molar-refractivity contribution in [2.75, 3.05) is 25.1 Å². The zero-order valence-corrected chi connectivity index (χ0v) is 22.0. The summed E-state index contributed by atoms with van der Waals surface area (Å²) in [4.78, 5) is 39.1. The maximum atomic E-state index is 12.9. The third kappa shape index (κ3) is 6.95. The van der Waals surface area contributed by atoms with Gasteiger partial charge in [-0.2, -0.15) is 0 Å². The summed E-state index contributed by atoms with van der Waals surface area (Å²) in [6.45, 7) is 4.73. The standard InChI is InChI=1S/C29H28N2O6S/c1-3-35-23-13-11-22(12-14-23)30-27(32)18-31-28(33)26(38-29(31)34)17-21-10-15-24(25(16-21)36-4-2)37-19-20-8-6-5-7-9-20/h5-17H,3-4,18-19H2,1-2H3,(H,30,32)/b26-17+. The van der Waals surface area contributed by atoms with Gasteiger partial charge >= 0.3 is 0 Å². The summed E-state index contributed by atoms with van der Waals surface area (Å²) in [5, 5.41) is 2.19. The van der Waals surface area contributed by atoms with Gasteiger partial charge in [0.2, 0.25) is 5.91 Å². The van der Waals surface area contributed by atoms with Gasteiger partial charge in [-0.1, -0.05) is 36.4 Å². The van der Waals surface area contributed by atoms with Crippen LogP contribution in [-0.2, 0) is 16.2 Å². The zero-order valence-electron chi connectivity index (χ0n) is 21.1. The Bertz CT molecular complexity index is 1320. The molecule has 1 saturated heterocycles. The van der Waals surface area contributed by atoms with Gasteiger partial charge in [0.05, 0.1) is 18.1 Å². The molecule has 0 unspecified atom stereocenters. The molecule has 38 heavy (non-hydrogen) atoms. The Labute approximate surface area is 225 Å². The Balaban J connectivity index is 1.41. The number of ether oxygens (including phenoxy) is 3. The molecule has 1 aliphatic heterocycles. The molecule has 1 N–H and O–H groups in total. The average Bonchev–Trinajstić information content (AvgIpc) is 3.17. The summed E-state index contributed by atoms with van der Waals surface area (Å²) in [5.74, 6) is 0.795. The Morgan fingerprint density at radius 2 is 1.63 bits per heavy atom. The van der Waals surface area contributed by atoms with Gasteiger partial charge in [0.15, 0.2) is 11.5 Å². The molecule has 0 atom stereocenters. The van der Waals surface area contributed by atoms with Crippen LogP contribution in [0.3, 0.4) is 0 Å². The van der Waals surface area contributed by atoms with Crippen LogP contribution < -0.4 is 19.5 Å². The summed E-state index contributed by atoms with van der Waals surface area (Å²) < 4.78 is 17.1. The lowest BCUT2D eigenvalue weighted by molar-refractivity contribution is -0.127. The van der Waals surface area contributed by atoms with E-state index in [1.807, 2.05) is 44.2 Å².